The second-order valence-corrected chi connectivity index (χ2v) is 6.45. The first-order valence-electron chi connectivity index (χ1n) is 5.85. The molecule has 20 heavy (non-hydrogen) atoms. The molecule has 0 aliphatic carbocycles. The fraction of sp³-hybridized carbons (Fsp3) is 0.167. The van der Waals surface area contributed by atoms with E-state index < -0.39 is 0 Å². The number of carbonyl (C=O) groups excluding carboxylic acids is 1. The Kier molecular flexibility index (Phi) is 3.33. The minimum Gasteiger partial charge on any atom is -0.375 e. The van der Waals surface area contributed by atoms with Gasteiger partial charge in [-0.15, -0.1) is 10.2 Å². The summed E-state index contributed by atoms with van der Waals surface area (Å²) in [6.07, 6.45) is 0.284. The summed E-state index contributed by atoms with van der Waals surface area (Å²) in [7, 11) is 0. The number of thiazole rings is 1. The van der Waals surface area contributed by atoms with Gasteiger partial charge in [0.25, 0.3) is 0 Å². The van der Waals surface area contributed by atoms with E-state index >= 15 is 0 Å². The van der Waals surface area contributed by atoms with Crippen molar-refractivity contribution in [3.8, 4) is 0 Å². The average molecular weight is 305 g/mol. The van der Waals surface area contributed by atoms with Crippen LogP contribution < -0.4 is 11.1 Å². The maximum absolute atomic E-state index is 11.9. The van der Waals surface area contributed by atoms with Crippen LogP contribution in [0.4, 0.5) is 10.3 Å². The van der Waals surface area contributed by atoms with E-state index in [4.69, 9.17) is 5.73 Å². The van der Waals surface area contributed by atoms with E-state index in [9.17, 15) is 4.79 Å². The van der Waals surface area contributed by atoms with E-state index in [0.717, 1.165) is 20.8 Å². The molecule has 0 saturated carbocycles. The Morgan fingerprint density at radius 2 is 2.20 bits per heavy atom. The highest BCUT2D eigenvalue weighted by molar-refractivity contribution is 7.22. The van der Waals surface area contributed by atoms with Crippen LogP contribution in [-0.4, -0.2) is 21.1 Å². The standard InChI is InChI=1S/C12H11N5OS2/c1-6-16-17-12(19-6)15-10(18)5-7-2-3-8-9(4-7)20-11(13)14-8/h2-4H,5H2,1H3,(H2,13,14)(H,15,17,18). The van der Waals surface area contributed by atoms with Crippen molar-refractivity contribution in [1.29, 1.82) is 0 Å². The van der Waals surface area contributed by atoms with Gasteiger partial charge < -0.3 is 11.1 Å². The van der Waals surface area contributed by atoms with Crippen LogP contribution >= 0.6 is 22.7 Å². The van der Waals surface area contributed by atoms with Crippen LogP contribution in [0.3, 0.4) is 0 Å². The molecule has 0 atom stereocenters. The molecule has 3 aromatic rings. The monoisotopic (exact) mass is 305 g/mol. The van der Waals surface area contributed by atoms with Gasteiger partial charge in [-0.2, -0.15) is 0 Å². The van der Waals surface area contributed by atoms with E-state index in [2.05, 4.69) is 20.5 Å². The number of nitrogens with two attached hydrogens (primary N) is 1. The molecule has 8 heteroatoms. The minimum absolute atomic E-state index is 0.113. The van der Waals surface area contributed by atoms with Crippen LogP contribution in [-0.2, 0) is 11.2 Å². The van der Waals surface area contributed by atoms with Crippen LogP contribution in [0.2, 0.25) is 0 Å². The van der Waals surface area contributed by atoms with Crippen molar-refractivity contribution in [2.24, 2.45) is 0 Å². The Labute approximate surface area is 122 Å². The second kappa shape index (κ2) is 5.14. The highest BCUT2D eigenvalue weighted by Crippen LogP contribution is 2.25. The number of nitrogen functional groups attached to an aromatic ring is 1. The lowest BCUT2D eigenvalue weighted by atomic mass is 10.1. The number of hydrogen-bond acceptors (Lipinski definition) is 7. The van der Waals surface area contributed by atoms with Crippen molar-refractivity contribution in [2.75, 3.05) is 11.1 Å². The summed E-state index contributed by atoms with van der Waals surface area (Å²) in [6, 6.07) is 5.70. The Hall–Kier alpha value is -2.06. The first kappa shape index (κ1) is 12.9. The van der Waals surface area contributed by atoms with Crippen molar-refractivity contribution in [1.82, 2.24) is 15.2 Å². The van der Waals surface area contributed by atoms with Crippen LogP contribution in [0.15, 0.2) is 18.2 Å². The number of fused-ring (bicyclic) bond motifs is 1. The molecular weight excluding hydrogens is 294 g/mol. The lowest BCUT2D eigenvalue weighted by Crippen LogP contribution is -2.14. The molecule has 0 unspecified atom stereocenters. The smallest absolute Gasteiger partial charge is 0.230 e. The van der Waals surface area contributed by atoms with Gasteiger partial charge in [0, 0.05) is 0 Å². The van der Waals surface area contributed by atoms with Crippen molar-refractivity contribution >= 4 is 49.1 Å². The van der Waals surface area contributed by atoms with Gasteiger partial charge in [-0.1, -0.05) is 28.7 Å². The molecule has 6 nitrogen and oxygen atoms in total. The van der Waals surface area contributed by atoms with Gasteiger partial charge in [0.05, 0.1) is 16.6 Å². The highest BCUT2D eigenvalue weighted by Gasteiger charge is 2.09. The third-order valence-corrected chi connectivity index (χ3v) is 4.21. The molecule has 0 bridgehead atoms. The summed E-state index contributed by atoms with van der Waals surface area (Å²) in [5.74, 6) is -0.113. The second-order valence-electron chi connectivity index (χ2n) is 4.21. The molecule has 1 amide bonds. The fourth-order valence-corrected chi connectivity index (χ4v) is 3.20. The van der Waals surface area contributed by atoms with E-state index in [0.29, 0.717) is 10.3 Å². The van der Waals surface area contributed by atoms with E-state index in [1.165, 1.54) is 22.7 Å². The Bertz CT molecular complexity index is 779. The molecule has 1 aromatic carbocycles. The van der Waals surface area contributed by atoms with Gasteiger partial charge >= 0.3 is 0 Å². The Morgan fingerprint density at radius 1 is 1.35 bits per heavy atom. The maximum atomic E-state index is 11.9. The number of nitrogens with one attached hydrogen (secondary N) is 1. The molecule has 102 valence electrons. The first-order valence-corrected chi connectivity index (χ1v) is 7.48. The molecule has 0 radical (unpaired) electrons. The number of hydrogen-bond donors (Lipinski definition) is 2. The van der Waals surface area contributed by atoms with Gasteiger partial charge in [-0.25, -0.2) is 4.98 Å². The van der Waals surface area contributed by atoms with E-state index in [1.54, 1.807) is 0 Å². The zero-order chi connectivity index (χ0) is 14.1. The molecule has 2 aromatic heterocycles. The molecule has 0 fully saturated rings. The molecule has 3 rings (SSSR count). The summed E-state index contributed by atoms with van der Waals surface area (Å²) in [4.78, 5) is 16.1. The number of nitrogens with zero attached hydrogens (tertiary/aromatic N) is 3. The lowest BCUT2D eigenvalue weighted by molar-refractivity contribution is -0.115. The van der Waals surface area contributed by atoms with Gasteiger partial charge in [0.15, 0.2) is 5.13 Å². The van der Waals surface area contributed by atoms with Gasteiger partial charge in [-0.3, -0.25) is 4.79 Å². The normalized spacial score (nSPS) is 10.8. The zero-order valence-corrected chi connectivity index (χ0v) is 12.2. The van der Waals surface area contributed by atoms with Gasteiger partial charge in [-0.05, 0) is 24.6 Å². The molecular formula is C12H11N5OS2. The molecule has 0 aliphatic heterocycles. The largest absolute Gasteiger partial charge is 0.375 e. The number of carbonyl (C=O) groups is 1. The summed E-state index contributed by atoms with van der Waals surface area (Å²) in [6.45, 7) is 1.84. The minimum atomic E-state index is -0.113. The van der Waals surface area contributed by atoms with Crippen LogP contribution in [0.1, 0.15) is 10.6 Å². The molecule has 0 aliphatic rings. The predicted octanol–water partition coefficient (Wildman–Crippen LogP) is 2.22. The number of aryl methyl sites for hydroxylation is 1. The van der Waals surface area contributed by atoms with Crippen LogP contribution in [0.5, 0.6) is 0 Å². The van der Waals surface area contributed by atoms with Crippen molar-refractivity contribution in [2.45, 2.75) is 13.3 Å². The highest BCUT2D eigenvalue weighted by atomic mass is 32.1. The van der Waals surface area contributed by atoms with Crippen molar-refractivity contribution in [3.05, 3.63) is 28.8 Å². The fourth-order valence-electron chi connectivity index (χ4n) is 1.79. The third kappa shape index (κ3) is 2.75. The van der Waals surface area contributed by atoms with Crippen LogP contribution in [0.25, 0.3) is 10.2 Å². The average Bonchev–Trinajstić information content (AvgIpc) is 2.93. The van der Waals surface area contributed by atoms with Gasteiger partial charge in [0.2, 0.25) is 11.0 Å². The number of aromatic nitrogens is 3. The number of benzene rings is 1. The van der Waals surface area contributed by atoms with Crippen molar-refractivity contribution in [3.63, 3.8) is 0 Å². The maximum Gasteiger partial charge on any atom is 0.230 e. The van der Waals surface area contributed by atoms with E-state index in [-0.39, 0.29) is 12.3 Å². The third-order valence-electron chi connectivity index (χ3n) is 2.61. The molecule has 2 heterocycles. The number of rotatable bonds is 3. The summed E-state index contributed by atoms with van der Waals surface area (Å²) >= 11 is 2.77. The lowest BCUT2D eigenvalue weighted by Gasteiger charge is -2.01. The molecule has 0 spiro atoms. The summed E-state index contributed by atoms with van der Waals surface area (Å²) in [5.41, 5.74) is 7.44. The zero-order valence-electron chi connectivity index (χ0n) is 10.6. The molecule has 0 saturated heterocycles. The molecule has 3 N–H and O–H groups in total. The Balaban J connectivity index is 1.73. The number of anilines is 2. The predicted molar refractivity (Wildman–Crippen MR) is 81.0 cm³/mol. The van der Waals surface area contributed by atoms with Crippen LogP contribution in [0, 0.1) is 6.92 Å². The van der Waals surface area contributed by atoms with E-state index in [1.807, 2.05) is 25.1 Å². The summed E-state index contributed by atoms with van der Waals surface area (Å²) in [5, 5.41) is 12.3. The topological polar surface area (TPSA) is 93.8 Å². The summed E-state index contributed by atoms with van der Waals surface area (Å²) < 4.78 is 0.986. The Morgan fingerprint density at radius 3 is 2.95 bits per heavy atom. The first-order chi connectivity index (χ1) is 9.60. The number of amides is 1. The SMILES string of the molecule is Cc1nnc(NC(=O)Cc2ccc3nc(N)sc3c2)s1. The van der Waals surface area contributed by atoms with Crippen molar-refractivity contribution < 1.29 is 4.79 Å². The van der Waals surface area contributed by atoms with Gasteiger partial charge in [0.1, 0.15) is 5.01 Å². The quantitative estimate of drug-likeness (QED) is 0.774.